The Bertz CT molecular complexity index is 573. The summed E-state index contributed by atoms with van der Waals surface area (Å²) in [7, 11) is 2.01. The van der Waals surface area contributed by atoms with Gasteiger partial charge in [-0.25, -0.2) is 4.39 Å². The lowest BCUT2D eigenvalue weighted by Crippen LogP contribution is -2.51. The van der Waals surface area contributed by atoms with Gasteiger partial charge in [0.1, 0.15) is 5.82 Å². The van der Waals surface area contributed by atoms with Gasteiger partial charge in [-0.3, -0.25) is 9.88 Å². The highest BCUT2D eigenvalue weighted by atomic mass is 19.1. The van der Waals surface area contributed by atoms with Crippen LogP contribution in [0.4, 0.5) is 4.39 Å². The number of rotatable bonds is 6. The third-order valence-electron chi connectivity index (χ3n) is 4.03. The van der Waals surface area contributed by atoms with E-state index in [2.05, 4.69) is 16.8 Å². The summed E-state index contributed by atoms with van der Waals surface area (Å²) in [5, 5.41) is 0. The fourth-order valence-electron chi connectivity index (χ4n) is 2.37. The Morgan fingerprint density at radius 2 is 2.00 bits per heavy atom. The van der Waals surface area contributed by atoms with E-state index in [0.717, 1.165) is 12.1 Å². The Morgan fingerprint density at radius 3 is 2.62 bits per heavy atom. The Kier molecular flexibility index (Phi) is 5.04. The highest BCUT2D eigenvalue weighted by Crippen LogP contribution is 2.22. The number of hydrogen-bond donors (Lipinski definition) is 1. The molecule has 0 saturated carbocycles. The Hall–Kier alpha value is -1.78. The van der Waals surface area contributed by atoms with Gasteiger partial charge >= 0.3 is 0 Å². The lowest BCUT2D eigenvalue weighted by atomic mass is 9.90. The molecule has 0 aliphatic heterocycles. The van der Waals surface area contributed by atoms with Crippen LogP contribution in [0.5, 0.6) is 0 Å². The van der Waals surface area contributed by atoms with Gasteiger partial charge in [-0.15, -0.1) is 0 Å². The summed E-state index contributed by atoms with van der Waals surface area (Å²) >= 11 is 0. The number of benzene rings is 1. The molecule has 1 atom stereocenters. The minimum absolute atomic E-state index is 0.174. The predicted octanol–water partition coefficient (Wildman–Crippen LogP) is 2.61. The predicted molar refractivity (Wildman–Crippen MR) is 83.3 cm³/mol. The molecular formula is C17H22FN3. The molecule has 0 saturated heterocycles. The molecule has 0 spiro atoms. The van der Waals surface area contributed by atoms with Crippen molar-refractivity contribution in [3.63, 3.8) is 0 Å². The van der Waals surface area contributed by atoms with Gasteiger partial charge in [-0.2, -0.15) is 0 Å². The first kappa shape index (κ1) is 15.6. The van der Waals surface area contributed by atoms with Crippen molar-refractivity contribution >= 4 is 0 Å². The SMILES string of the molecule is CN(Cc1cccnc1)C(C)(CN)Cc1ccccc1F. The lowest BCUT2D eigenvalue weighted by Gasteiger charge is -2.38. The highest BCUT2D eigenvalue weighted by Gasteiger charge is 2.29. The molecule has 1 unspecified atom stereocenters. The fraction of sp³-hybridized carbons (Fsp3) is 0.353. The summed E-state index contributed by atoms with van der Waals surface area (Å²) in [6, 6.07) is 10.8. The van der Waals surface area contributed by atoms with E-state index in [1.54, 1.807) is 12.3 Å². The van der Waals surface area contributed by atoms with Gasteiger partial charge in [0.15, 0.2) is 0 Å². The van der Waals surface area contributed by atoms with Crippen LogP contribution in [-0.2, 0) is 13.0 Å². The molecule has 4 heteroatoms. The van der Waals surface area contributed by atoms with E-state index in [1.807, 2.05) is 37.5 Å². The number of halogens is 1. The average molecular weight is 287 g/mol. The first-order valence-electron chi connectivity index (χ1n) is 7.09. The number of nitrogens with two attached hydrogens (primary N) is 1. The topological polar surface area (TPSA) is 42.2 Å². The second-order valence-corrected chi connectivity index (χ2v) is 5.69. The van der Waals surface area contributed by atoms with Crippen LogP contribution in [0.25, 0.3) is 0 Å². The number of pyridine rings is 1. The molecule has 1 heterocycles. The molecule has 0 bridgehead atoms. The van der Waals surface area contributed by atoms with Crippen LogP contribution in [0.1, 0.15) is 18.1 Å². The van der Waals surface area contributed by atoms with Crippen LogP contribution >= 0.6 is 0 Å². The minimum atomic E-state index is -0.308. The van der Waals surface area contributed by atoms with E-state index >= 15 is 0 Å². The van der Waals surface area contributed by atoms with Gasteiger partial charge in [-0.1, -0.05) is 24.3 Å². The second-order valence-electron chi connectivity index (χ2n) is 5.69. The van der Waals surface area contributed by atoms with Crippen molar-refractivity contribution in [3.05, 3.63) is 65.7 Å². The van der Waals surface area contributed by atoms with Gasteiger partial charge in [0.25, 0.3) is 0 Å². The largest absolute Gasteiger partial charge is 0.329 e. The number of likely N-dealkylation sites (N-methyl/N-ethyl adjacent to an activating group) is 1. The zero-order valence-corrected chi connectivity index (χ0v) is 12.6. The maximum Gasteiger partial charge on any atom is 0.126 e. The van der Waals surface area contributed by atoms with E-state index < -0.39 is 0 Å². The van der Waals surface area contributed by atoms with Crippen LogP contribution in [0.3, 0.4) is 0 Å². The fourth-order valence-corrected chi connectivity index (χ4v) is 2.37. The summed E-state index contributed by atoms with van der Waals surface area (Å²) in [6.45, 7) is 3.25. The van der Waals surface area contributed by atoms with E-state index in [0.29, 0.717) is 18.5 Å². The first-order chi connectivity index (χ1) is 10.0. The number of nitrogens with zero attached hydrogens (tertiary/aromatic N) is 2. The van der Waals surface area contributed by atoms with Crippen molar-refractivity contribution in [1.29, 1.82) is 0 Å². The molecule has 0 aliphatic rings. The maximum absolute atomic E-state index is 13.9. The number of aromatic nitrogens is 1. The third kappa shape index (κ3) is 3.86. The van der Waals surface area contributed by atoms with Gasteiger partial charge in [0, 0.05) is 31.0 Å². The molecular weight excluding hydrogens is 265 g/mol. The smallest absolute Gasteiger partial charge is 0.126 e. The minimum Gasteiger partial charge on any atom is -0.329 e. The summed E-state index contributed by atoms with van der Waals surface area (Å²) in [4.78, 5) is 6.29. The van der Waals surface area contributed by atoms with Gasteiger partial charge < -0.3 is 5.73 Å². The second kappa shape index (κ2) is 6.78. The molecule has 0 amide bonds. The standard InChI is InChI=1S/C17H22FN3/c1-17(13-19,10-15-7-3-4-8-16(15)18)21(2)12-14-6-5-9-20-11-14/h3-9,11H,10,12-13,19H2,1-2H3. The molecule has 3 nitrogen and oxygen atoms in total. The quantitative estimate of drug-likeness (QED) is 0.888. The molecule has 2 aromatic rings. The first-order valence-corrected chi connectivity index (χ1v) is 7.09. The molecule has 112 valence electrons. The van der Waals surface area contributed by atoms with Crippen LogP contribution in [-0.4, -0.2) is 29.0 Å². The van der Waals surface area contributed by atoms with E-state index in [9.17, 15) is 4.39 Å². The monoisotopic (exact) mass is 287 g/mol. The summed E-state index contributed by atoms with van der Waals surface area (Å²) < 4.78 is 13.9. The zero-order chi connectivity index (χ0) is 15.3. The van der Waals surface area contributed by atoms with Crippen molar-refractivity contribution in [3.8, 4) is 0 Å². The maximum atomic E-state index is 13.9. The van der Waals surface area contributed by atoms with Crippen molar-refractivity contribution in [2.45, 2.75) is 25.4 Å². The van der Waals surface area contributed by atoms with Crippen LogP contribution in [0.15, 0.2) is 48.8 Å². The summed E-state index contributed by atoms with van der Waals surface area (Å²) in [6.07, 6.45) is 4.18. The van der Waals surface area contributed by atoms with Gasteiger partial charge in [-0.05, 0) is 43.7 Å². The molecule has 2 N–H and O–H groups in total. The average Bonchev–Trinajstić information content (AvgIpc) is 2.50. The molecule has 2 rings (SSSR count). The van der Waals surface area contributed by atoms with Crippen molar-refractivity contribution < 1.29 is 4.39 Å². The molecule has 0 aliphatic carbocycles. The zero-order valence-electron chi connectivity index (χ0n) is 12.6. The molecule has 0 fully saturated rings. The summed E-state index contributed by atoms with van der Waals surface area (Å²) in [5.41, 5.74) is 7.49. The van der Waals surface area contributed by atoms with Crippen molar-refractivity contribution in [2.75, 3.05) is 13.6 Å². The van der Waals surface area contributed by atoms with Gasteiger partial charge in [0.05, 0.1) is 0 Å². The van der Waals surface area contributed by atoms with Crippen LogP contribution < -0.4 is 5.73 Å². The van der Waals surface area contributed by atoms with Crippen LogP contribution in [0.2, 0.25) is 0 Å². The highest BCUT2D eigenvalue weighted by molar-refractivity contribution is 5.20. The number of hydrogen-bond acceptors (Lipinski definition) is 3. The third-order valence-corrected chi connectivity index (χ3v) is 4.03. The Morgan fingerprint density at radius 1 is 1.24 bits per heavy atom. The lowest BCUT2D eigenvalue weighted by molar-refractivity contribution is 0.135. The molecule has 21 heavy (non-hydrogen) atoms. The Labute approximate surface area is 125 Å². The molecule has 0 radical (unpaired) electrons. The normalized spacial score (nSPS) is 14.1. The van der Waals surface area contributed by atoms with Gasteiger partial charge in [0.2, 0.25) is 0 Å². The molecule has 1 aromatic carbocycles. The molecule has 1 aromatic heterocycles. The van der Waals surface area contributed by atoms with E-state index in [-0.39, 0.29) is 11.4 Å². The summed E-state index contributed by atoms with van der Waals surface area (Å²) in [5.74, 6) is -0.174. The van der Waals surface area contributed by atoms with Crippen molar-refractivity contribution in [2.24, 2.45) is 5.73 Å². The van der Waals surface area contributed by atoms with E-state index in [1.165, 1.54) is 6.07 Å². The van der Waals surface area contributed by atoms with Crippen LogP contribution in [0, 0.1) is 5.82 Å². The Balaban J connectivity index is 2.14. The van der Waals surface area contributed by atoms with Crippen molar-refractivity contribution in [1.82, 2.24) is 9.88 Å². The van der Waals surface area contributed by atoms with E-state index in [4.69, 9.17) is 5.73 Å².